The van der Waals surface area contributed by atoms with E-state index < -0.39 is 0 Å². The molecule has 0 aromatic carbocycles. The second-order valence-corrected chi connectivity index (χ2v) is 8.69. The van der Waals surface area contributed by atoms with Crippen LogP contribution in [0, 0.1) is 19.8 Å². The zero-order chi connectivity index (χ0) is 20.5. The Hall–Kier alpha value is -2.44. The van der Waals surface area contributed by atoms with Crippen LogP contribution in [0.2, 0.25) is 0 Å². The van der Waals surface area contributed by atoms with E-state index in [1.165, 1.54) is 25.7 Å². The molecule has 3 heterocycles. The fourth-order valence-corrected chi connectivity index (χ4v) is 4.62. The fraction of sp³-hybridized carbons (Fsp3) is 0.636. The van der Waals surface area contributed by atoms with Crippen LogP contribution in [0.3, 0.4) is 0 Å². The molecule has 1 saturated carbocycles. The summed E-state index contributed by atoms with van der Waals surface area (Å²) in [4.78, 5) is 26.5. The van der Waals surface area contributed by atoms with Gasteiger partial charge in [0.25, 0.3) is 0 Å². The Bertz CT molecular complexity index is 885. The molecule has 2 aromatic heterocycles. The normalized spacial score (nSPS) is 19.9. The SMILES string of the molecule is Cc1noc(-c2cnc(N(C)C)nc2[C@@H]2CCCN2C(=O)CC2CCCC2)c1C. The minimum Gasteiger partial charge on any atom is -0.356 e. The van der Waals surface area contributed by atoms with Gasteiger partial charge in [-0.3, -0.25) is 4.79 Å². The van der Waals surface area contributed by atoms with Crippen molar-refractivity contribution in [2.24, 2.45) is 5.92 Å². The van der Waals surface area contributed by atoms with Gasteiger partial charge in [-0.2, -0.15) is 0 Å². The van der Waals surface area contributed by atoms with E-state index in [1.807, 2.05) is 43.9 Å². The lowest BCUT2D eigenvalue weighted by molar-refractivity contribution is -0.133. The van der Waals surface area contributed by atoms with E-state index in [-0.39, 0.29) is 11.9 Å². The van der Waals surface area contributed by atoms with E-state index in [9.17, 15) is 4.79 Å². The summed E-state index contributed by atoms with van der Waals surface area (Å²) in [7, 11) is 3.86. The molecule has 4 rings (SSSR count). The molecule has 2 aromatic rings. The highest BCUT2D eigenvalue weighted by molar-refractivity contribution is 5.78. The molecular weight excluding hydrogens is 366 g/mol. The van der Waals surface area contributed by atoms with Crippen molar-refractivity contribution in [3.05, 3.63) is 23.1 Å². The van der Waals surface area contributed by atoms with Crippen LogP contribution in [0.1, 0.15) is 67.9 Å². The third kappa shape index (κ3) is 3.87. The number of anilines is 1. The van der Waals surface area contributed by atoms with Crippen molar-refractivity contribution in [2.45, 2.75) is 64.8 Å². The Balaban J connectivity index is 1.70. The number of amides is 1. The van der Waals surface area contributed by atoms with Gasteiger partial charge >= 0.3 is 0 Å². The third-order valence-electron chi connectivity index (χ3n) is 6.43. The molecule has 7 nitrogen and oxygen atoms in total. The molecule has 0 spiro atoms. The van der Waals surface area contributed by atoms with Crippen LogP contribution in [0.25, 0.3) is 11.3 Å². The van der Waals surface area contributed by atoms with Crippen LogP contribution in [-0.2, 0) is 4.79 Å². The standard InChI is InChI=1S/C22H31N5O2/c1-14-15(2)25-29-21(14)17-13-23-22(26(3)4)24-20(17)18-10-7-11-27(18)19(28)12-16-8-5-6-9-16/h13,16,18H,5-12H2,1-4H3/t18-/m0/s1. The number of aromatic nitrogens is 3. The second-order valence-electron chi connectivity index (χ2n) is 8.69. The maximum absolute atomic E-state index is 13.2. The lowest BCUT2D eigenvalue weighted by Gasteiger charge is -2.27. The minimum atomic E-state index is -0.0367. The van der Waals surface area contributed by atoms with E-state index in [1.54, 1.807) is 0 Å². The van der Waals surface area contributed by atoms with Crippen LogP contribution in [-0.4, -0.2) is 46.6 Å². The number of hydrogen-bond donors (Lipinski definition) is 0. The van der Waals surface area contributed by atoms with Crippen molar-refractivity contribution < 1.29 is 9.32 Å². The molecule has 29 heavy (non-hydrogen) atoms. The highest BCUT2D eigenvalue weighted by atomic mass is 16.5. The van der Waals surface area contributed by atoms with E-state index >= 15 is 0 Å². The summed E-state index contributed by atoms with van der Waals surface area (Å²) in [5.41, 5.74) is 3.58. The Kier molecular flexibility index (Phi) is 5.56. The topological polar surface area (TPSA) is 75.4 Å². The van der Waals surface area contributed by atoms with Gasteiger partial charge in [0.1, 0.15) is 0 Å². The van der Waals surface area contributed by atoms with Crippen molar-refractivity contribution in [1.82, 2.24) is 20.0 Å². The third-order valence-corrected chi connectivity index (χ3v) is 6.43. The molecule has 156 valence electrons. The Morgan fingerprint density at radius 1 is 1.21 bits per heavy atom. The summed E-state index contributed by atoms with van der Waals surface area (Å²) < 4.78 is 5.64. The van der Waals surface area contributed by atoms with Crippen molar-refractivity contribution in [3.8, 4) is 11.3 Å². The Labute approximate surface area is 172 Å². The molecule has 2 fully saturated rings. The van der Waals surface area contributed by atoms with Gasteiger partial charge in [0, 0.05) is 38.8 Å². The summed E-state index contributed by atoms with van der Waals surface area (Å²) >= 11 is 0. The predicted octanol–water partition coefficient (Wildman–Crippen LogP) is 4.06. The highest BCUT2D eigenvalue weighted by Gasteiger charge is 2.35. The first kappa shape index (κ1) is 19.9. The molecule has 1 saturated heterocycles. The maximum Gasteiger partial charge on any atom is 0.225 e. The van der Waals surface area contributed by atoms with Crippen molar-refractivity contribution in [2.75, 3.05) is 25.5 Å². The van der Waals surface area contributed by atoms with Crippen LogP contribution >= 0.6 is 0 Å². The smallest absolute Gasteiger partial charge is 0.225 e. The van der Waals surface area contributed by atoms with Gasteiger partial charge < -0.3 is 14.3 Å². The Morgan fingerprint density at radius 3 is 2.62 bits per heavy atom. The first-order valence-corrected chi connectivity index (χ1v) is 10.7. The molecule has 1 aliphatic carbocycles. The molecule has 1 amide bonds. The molecular formula is C22H31N5O2. The van der Waals surface area contributed by atoms with Crippen molar-refractivity contribution in [3.63, 3.8) is 0 Å². The van der Waals surface area contributed by atoms with E-state index in [0.717, 1.165) is 41.9 Å². The van der Waals surface area contributed by atoms with Gasteiger partial charge in [0.2, 0.25) is 11.9 Å². The number of carbonyl (C=O) groups is 1. The van der Waals surface area contributed by atoms with Gasteiger partial charge in [0.15, 0.2) is 5.76 Å². The van der Waals surface area contributed by atoms with Crippen LogP contribution in [0.15, 0.2) is 10.7 Å². The summed E-state index contributed by atoms with van der Waals surface area (Å²) in [5.74, 6) is 2.16. The monoisotopic (exact) mass is 397 g/mol. The van der Waals surface area contributed by atoms with E-state index in [0.29, 0.717) is 24.0 Å². The molecule has 0 bridgehead atoms. The second kappa shape index (κ2) is 8.13. The molecule has 1 aliphatic heterocycles. The van der Waals surface area contributed by atoms with Crippen LogP contribution in [0.5, 0.6) is 0 Å². The number of hydrogen-bond acceptors (Lipinski definition) is 6. The van der Waals surface area contributed by atoms with E-state index in [2.05, 4.69) is 10.1 Å². The zero-order valence-electron chi connectivity index (χ0n) is 17.9. The van der Waals surface area contributed by atoms with Gasteiger partial charge in [-0.25, -0.2) is 9.97 Å². The summed E-state index contributed by atoms with van der Waals surface area (Å²) in [5, 5.41) is 4.12. The number of likely N-dealkylation sites (tertiary alicyclic amines) is 1. The molecule has 1 atom stereocenters. The average Bonchev–Trinajstić information content (AvgIpc) is 3.44. The van der Waals surface area contributed by atoms with Gasteiger partial charge in [-0.05, 0) is 45.4 Å². The van der Waals surface area contributed by atoms with Gasteiger partial charge in [0.05, 0.1) is 23.0 Å². The van der Waals surface area contributed by atoms with Gasteiger partial charge in [-0.1, -0.05) is 18.0 Å². The van der Waals surface area contributed by atoms with Gasteiger partial charge in [-0.15, -0.1) is 0 Å². The van der Waals surface area contributed by atoms with E-state index in [4.69, 9.17) is 9.51 Å². The maximum atomic E-state index is 13.2. The highest BCUT2D eigenvalue weighted by Crippen LogP contribution is 2.39. The molecule has 0 unspecified atom stereocenters. The number of carbonyl (C=O) groups excluding carboxylic acids is 1. The number of nitrogens with zero attached hydrogens (tertiary/aromatic N) is 5. The largest absolute Gasteiger partial charge is 0.356 e. The lowest BCUT2D eigenvalue weighted by Crippen LogP contribution is -2.32. The van der Waals surface area contributed by atoms with Crippen LogP contribution < -0.4 is 4.90 Å². The summed E-state index contributed by atoms with van der Waals surface area (Å²) in [6, 6.07) is -0.0367. The molecule has 2 aliphatic rings. The first-order valence-electron chi connectivity index (χ1n) is 10.7. The molecule has 0 N–H and O–H groups in total. The van der Waals surface area contributed by atoms with Crippen molar-refractivity contribution in [1.29, 1.82) is 0 Å². The molecule has 0 radical (unpaired) electrons. The lowest BCUT2D eigenvalue weighted by atomic mass is 10.00. The Morgan fingerprint density at radius 2 is 1.97 bits per heavy atom. The summed E-state index contributed by atoms with van der Waals surface area (Å²) in [6.45, 7) is 4.73. The summed E-state index contributed by atoms with van der Waals surface area (Å²) in [6.07, 6.45) is 9.28. The zero-order valence-corrected chi connectivity index (χ0v) is 17.9. The minimum absolute atomic E-state index is 0.0367. The number of rotatable bonds is 5. The predicted molar refractivity (Wildman–Crippen MR) is 112 cm³/mol. The number of aryl methyl sites for hydroxylation is 1. The van der Waals surface area contributed by atoms with Crippen molar-refractivity contribution >= 4 is 11.9 Å². The quantitative estimate of drug-likeness (QED) is 0.757. The average molecular weight is 398 g/mol. The fourth-order valence-electron chi connectivity index (χ4n) is 4.62. The molecule has 7 heteroatoms. The first-order chi connectivity index (χ1) is 14.0. The van der Waals surface area contributed by atoms with Crippen LogP contribution in [0.4, 0.5) is 5.95 Å².